The third-order valence-electron chi connectivity index (χ3n) is 6.02. The molecule has 0 aliphatic rings. The molecule has 216 valence electrons. The Labute approximate surface area is 211 Å². The molecule has 0 rings (SSSR count). The van der Waals surface area contributed by atoms with E-state index in [9.17, 15) is 51.1 Å². The van der Waals surface area contributed by atoms with Gasteiger partial charge in [0.1, 0.15) is 6.61 Å². The van der Waals surface area contributed by atoms with Crippen LogP contribution < -0.4 is 5.73 Å². The van der Waals surface area contributed by atoms with Crippen LogP contribution in [0.1, 0.15) is 77.6 Å². The predicted octanol–water partition coefficient (Wildman–Crippen LogP) is -2.41. The molecule has 36 heavy (non-hydrogen) atoms. The van der Waals surface area contributed by atoms with E-state index in [1.165, 1.54) is 44.6 Å². The van der Waals surface area contributed by atoms with Crippen LogP contribution >= 0.6 is 0 Å². The van der Waals surface area contributed by atoms with Gasteiger partial charge >= 0.3 is 11.8 Å². The molecule has 0 amide bonds. The molecule has 3 atom stereocenters. The van der Waals surface area contributed by atoms with Gasteiger partial charge in [0.25, 0.3) is 5.79 Å². The average molecular weight is 530 g/mol. The van der Waals surface area contributed by atoms with Gasteiger partial charge in [0.2, 0.25) is 5.79 Å². The van der Waals surface area contributed by atoms with E-state index in [0.717, 1.165) is 31.8 Å². The van der Waals surface area contributed by atoms with Crippen LogP contribution in [0.5, 0.6) is 0 Å². The zero-order valence-electron chi connectivity index (χ0n) is 21.0. The number of nitrogens with two attached hydrogens (primary N) is 1. The first-order valence-electron chi connectivity index (χ1n) is 12.4. The lowest BCUT2D eigenvalue weighted by Gasteiger charge is -2.46. The van der Waals surface area contributed by atoms with Crippen molar-refractivity contribution in [2.45, 2.75) is 119 Å². The highest BCUT2D eigenvalue weighted by Crippen LogP contribution is 2.35. The number of hydrogen-bond donors (Lipinski definition) is 12. The van der Waals surface area contributed by atoms with Crippen molar-refractivity contribution in [2.75, 3.05) is 13.2 Å². The number of ether oxygens (including phenoxy) is 1. The summed E-state index contributed by atoms with van der Waals surface area (Å²) in [7, 11) is 0. The van der Waals surface area contributed by atoms with E-state index in [1.54, 1.807) is 0 Å². The summed E-state index contributed by atoms with van der Waals surface area (Å²) in [5, 5.41) is 105. The van der Waals surface area contributed by atoms with E-state index in [1.807, 2.05) is 0 Å². The first-order valence-corrected chi connectivity index (χ1v) is 12.4. The largest absolute Gasteiger partial charge is 0.391 e. The molecular formula is C23H47NO12. The summed E-state index contributed by atoms with van der Waals surface area (Å²) in [5.74, 6) is -17.3. The zero-order chi connectivity index (χ0) is 28.0. The summed E-state index contributed by atoms with van der Waals surface area (Å²) in [6.45, 7) is -0.663. The second-order valence-electron chi connectivity index (χ2n) is 9.32. The number of unbranched alkanes of at least 4 members (excludes halogenated alkanes) is 9. The summed E-state index contributed by atoms with van der Waals surface area (Å²) in [6.07, 6.45) is 12.0. The minimum Gasteiger partial charge on any atom is -0.391 e. The van der Waals surface area contributed by atoms with Crippen LogP contribution in [0.4, 0.5) is 0 Å². The Bertz CT molecular complexity index is 612. The Morgan fingerprint density at radius 3 is 1.67 bits per heavy atom. The number of hydrogen-bond acceptors (Lipinski definition) is 13. The van der Waals surface area contributed by atoms with Gasteiger partial charge in [-0.3, -0.25) is 0 Å². The van der Waals surface area contributed by atoms with Crippen LogP contribution in [0, 0.1) is 0 Å². The number of rotatable bonds is 21. The van der Waals surface area contributed by atoms with Gasteiger partial charge in [-0.15, -0.1) is 0 Å². The van der Waals surface area contributed by atoms with Gasteiger partial charge in [-0.05, 0) is 6.42 Å². The quantitative estimate of drug-likeness (QED) is 0.0421. The van der Waals surface area contributed by atoms with Gasteiger partial charge in [0.05, 0.1) is 24.9 Å². The smallest absolute Gasteiger partial charge is 0.341 e. The van der Waals surface area contributed by atoms with Gasteiger partial charge in [-0.2, -0.15) is 0 Å². The Hall–Kier alpha value is -0.780. The van der Waals surface area contributed by atoms with Crippen LogP contribution in [0.15, 0.2) is 12.2 Å². The molecule has 0 aliphatic heterocycles. The van der Waals surface area contributed by atoms with Crippen LogP contribution in [-0.4, -0.2) is 111 Å². The van der Waals surface area contributed by atoms with E-state index in [2.05, 4.69) is 11.7 Å². The molecule has 0 aromatic carbocycles. The topological polar surface area (TPSA) is 258 Å². The fourth-order valence-electron chi connectivity index (χ4n) is 3.35. The fraction of sp³-hybridized carbons (Fsp3) is 0.913. The third kappa shape index (κ3) is 10.9. The molecule has 0 fully saturated rings. The van der Waals surface area contributed by atoms with E-state index in [0.29, 0.717) is 6.42 Å². The predicted molar refractivity (Wildman–Crippen MR) is 127 cm³/mol. The summed E-state index contributed by atoms with van der Waals surface area (Å²) < 4.78 is 4.35. The number of aliphatic hydroxyl groups excluding tert-OH is 3. The molecule has 0 bridgehead atoms. The van der Waals surface area contributed by atoms with E-state index < -0.39 is 54.8 Å². The van der Waals surface area contributed by atoms with Gasteiger partial charge < -0.3 is 66.6 Å². The zero-order valence-corrected chi connectivity index (χ0v) is 21.0. The molecule has 13 N–H and O–H groups in total. The highest BCUT2D eigenvalue weighted by Gasteiger charge is 2.71. The van der Waals surface area contributed by atoms with Crippen LogP contribution in [0.3, 0.4) is 0 Å². The Morgan fingerprint density at radius 2 is 1.19 bits per heavy atom. The van der Waals surface area contributed by atoms with Crippen molar-refractivity contribution in [1.29, 1.82) is 0 Å². The molecular weight excluding hydrogens is 482 g/mol. The summed E-state index contributed by atoms with van der Waals surface area (Å²) in [6, 6.07) is -1.42. The van der Waals surface area contributed by atoms with Crippen molar-refractivity contribution < 1.29 is 60.9 Å². The lowest BCUT2D eigenvalue weighted by Crippen LogP contribution is -2.77. The van der Waals surface area contributed by atoms with Crippen LogP contribution in [0.2, 0.25) is 0 Å². The number of aliphatic hydroxyl groups is 11. The second kappa shape index (κ2) is 16.2. The van der Waals surface area contributed by atoms with Crippen molar-refractivity contribution in [3.05, 3.63) is 12.2 Å². The minimum absolute atomic E-state index is 0.462. The van der Waals surface area contributed by atoms with E-state index in [-0.39, 0.29) is 0 Å². The monoisotopic (exact) mass is 529 g/mol. The van der Waals surface area contributed by atoms with Crippen LogP contribution in [0.25, 0.3) is 0 Å². The lowest BCUT2D eigenvalue weighted by atomic mass is 9.94. The summed E-state index contributed by atoms with van der Waals surface area (Å²) in [4.78, 5) is 0. The van der Waals surface area contributed by atoms with Crippen molar-refractivity contribution >= 4 is 0 Å². The molecule has 13 heteroatoms. The maximum atomic E-state index is 10.0. The van der Waals surface area contributed by atoms with E-state index in [4.69, 9.17) is 10.8 Å². The second-order valence-corrected chi connectivity index (χ2v) is 9.32. The maximum Gasteiger partial charge on any atom is 0.341 e. The third-order valence-corrected chi connectivity index (χ3v) is 6.02. The first kappa shape index (κ1) is 35.2. The standard InChI is InChI=1S/C23H47NO12/c1-2-3-4-5-6-7-8-9-10-11-12-17(26)13-14-19(27)18(24)15-36-23(34,35)22(32,33)21(30,31)20(28,29)16-25/h13-14,17-19,25-35H,2-12,15-16,24H2,1H3. The lowest BCUT2D eigenvalue weighted by molar-refractivity contribution is -0.550. The molecule has 0 spiro atoms. The van der Waals surface area contributed by atoms with Crippen molar-refractivity contribution in [2.24, 2.45) is 5.73 Å². The van der Waals surface area contributed by atoms with Crippen LogP contribution in [-0.2, 0) is 4.74 Å². The molecule has 0 aromatic heterocycles. The molecule has 0 radical (unpaired) electrons. The van der Waals surface area contributed by atoms with Gasteiger partial charge in [-0.1, -0.05) is 83.3 Å². The molecule has 0 saturated carbocycles. The van der Waals surface area contributed by atoms with Crippen molar-refractivity contribution in [3.8, 4) is 0 Å². The molecule has 0 aliphatic carbocycles. The Balaban J connectivity index is 4.46. The van der Waals surface area contributed by atoms with Gasteiger partial charge in [0, 0.05) is 0 Å². The van der Waals surface area contributed by atoms with E-state index >= 15 is 0 Å². The highest BCUT2D eigenvalue weighted by atomic mass is 16.8. The Morgan fingerprint density at radius 1 is 0.722 bits per heavy atom. The molecule has 3 unspecified atom stereocenters. The van der Waals surface area contributed by atoms with Gasteiger partial charge in [-0.25, -0.2) is 0 Å². The maximum absolute atomic E-state index is 10.0. The first-order chi connectivity index (χ1) is 16.6. The summed E-state index contributed by atoms with van der Waals surface area (Å²) in [5.41, 5.74) is 5.62. The summed E-state index contributed by atoms with van der Waals surface area (Å²) >= 11 is 0. The minimum atomic E-state index is -4.57. The molecule has 13 nitrogen and oxygen atoms in total. The highest BCUT2D eigenvalue weighted by molar-refractivity contribution is 4.99. The average Bonchev–Trinajstić information content (AvgIpc) is 2.81. The van der Waals surface area contributed by atoms with Crippen molar-refractivity contribution in [3.63, 3.8) is 0 Å². The van der Waals surface area contributed by atoms with Crippen molar-refractivity contribution in [1.82, 2.24) is 0 Å². The fourth-order valence-corrected chi connectivity index (χ4v) is 3.35. The molecule has 0 aromatic rings. The SMILES string of the molecule is CCCCCCCCCCCCC(O)C=CC(O)C(N)COC(O)(O)C(O)(O)C(O)(O)C(O)(O)CO. The Kier molecular flexibility index (Phi) is 15.9. The normalized spacial score (nSPS) is 16.5. The molecule has 0 saturated heterocycles. The van der Waals surface area contributed by atoms with Gasteiger partial charge in [0.15, 0.2) is 0 Å². The molecule has 0 heterocycles.